The predicted molar refractivity (Wildman–Crippen MR) is 97.8 cm³/mol. The van der Waals surface area contributed by atoms with E-state index in [-0.39, 0.29) is 0 Å². The number of fused-ring (bicyclic) bond motifs is 5. The predicted octanol–water partition coefficient (Wildman–Crippen LogP) is 4.47. The van der Waals surface area contributed by atoms with E-state index in [0.717, 1.165) is 33.5 Å². The maximum absolute atomic E-state index is 9.00. The number of imidazole rings is 1. The Morgan fingerprint density at radius 2 is 1.92 bits per heavy atom. The summed E-state index contributed by atoms with van der Waals surface area (Å²) in [4.78, 5) is 0. The van der Waals surface area contributed by atoms with Gasteiger partial charge in [0.2, 0.25) is 0 Å². The van der Waals surface area contributed by atoms with E-state index in [1.807, 2.05) is 48.3 Å². The van der Waals surface area contributed by atoms with Gasteiger partial charge in [0.05, 0.1) is 15.4 Å². The minimum atomic E-state index is -1.66. The molecule has 3 aromatic carbocycles. The van der Waals surface area contributed by atoms with E-state index in [1.54, 1.807) is 4.57 Å². The lowest BCUT2D eigenvalue weighted by atomic mass is 9.94. The van der Waals surface area contributed by atoms with Crippen molar-refractivity contribution in [1.29, 1.82) is 0 Å². The van der Waals surface area contributed by atoms with Crippen molar-refractivity contribution in [3.8, 4) is 22.5 Å². The molecule has 2 nitrogen and oxygen atoms in total. The highest BCUT2D eigenvalue weighted by atomic mass is 15.1. The maximum Gasteiger partial charge on any atom is 0.289 e. The third-order valence-electron chi connectivity index (χ3n) is 4.93. The van der Waals surface area contributed by atoms with Crippen LogP contribution in [0.5, 0.6) is 0 Å². The lowest BCUT2D eigenvalue weighted by molar-refractivity contribution is -0.676. The van der Waals surface area contributed by atoms with Gasteiger partial charge in [-0.15, -0.1) is 0 Å². The summed E-state index contributed by atoms with van der Waals surface area (Å²) in [6, 6.07) is 18.5. The van der Waals surface area contributed by atoms with Crippen molar-refractivity contribution >= 4 is 10.8 Å². The van der Waals surface area contributed by atoms with E-state index in [9.17, 15) is 0 Å². The highest BCUT2D eigenvalue weighted by Crippen LogP contribution is 2.35. The zero-order chi connectivity index (χ0) is 18.1. The molecule has 1 aliphatic heterocycles. The zero-order valence-corrected chi connectivity index (χ0v) is 13.7. The SMILES string of the molecule is [2H]C1([2H])c2ccccc2-c2ccc3ccc(C)c(c3c2)-c2n(C)cc[n+]21. The van der Waals surface area contributed by atoms with Crippen LogP contribution in [0.4, 0.5) is 0 Å². The molecule has 4 aromatic rings. The molecule has 0 unspecified atom stereocenters. The van der Waals surface area contributed by atoms with Crippen molar-refractivity contribution in [3.05, 3.63) is 78.1 Å². The van der Waals surface area contributed by atoms with Crippen LogP contribution in [0.25, 0.3) is 33.3 Å². The minimum absolute atomic E-state index is 0.683. The van der Waals surface area contributed by atoms with E-state index in [4.69, 9.17) is 2.74 Å². The fourth-order valence-corrected chi connectivity index (χ4v) is 3.72. The molecule has 0 atom stereocenters. The van der Waals surface area contributed by atoms with Crippen LogP contribution in [-0.2, 0) is 13.5 Å². The van der Waals surface area contributed by atoms with Crippen LogP contribution in [0, 0.1) is 6.92 Å². The van der Waals surface area contributed by atoms with Gasteiger partial charge in [-0.3, -0.25) is 0 Å². The fraction of sp³-hybridized carbons (Fsp3) is 0.136. The number of nitrogens with zero attached hydrogens (tertiary/aromatic N) is 2. The molecule has 0 saturated heterocycles. The van der Waals surface area contributed by atoms with Gasteiger partial charge in [-0.1, -0.05) is 48.5 Å². The van der Waals surface area contributed by atoms with Crippen LogP contribution < -0.4 is 4.57 Å². The summed E-state index contributed by atoms with van der Waals surface area (Å²) in [5.41, 5.74) is 4.91. The molecule has 1 aromatic heterocycles. The number of benzene rings is 3. The fourth-order valence-electron chi connectivity index (χ4n) is 3.72. The van der Waals surface area contributed by atoms with E-state index in [0.29, 0.717) is 5.56 Å². The monoisotopic (exact) mass is 313 g/mol. The number of hydrogen-bond donors (Lipinski definition) is 0. The molecule has 0 fully saturated rings. The van der Waals surface area contributed by atoms with Gasteiger partial charge in [0.25, 0.3) is 5.82 Å². The Morgan fingerprint density at radius 1 is 1.08 bits per heavy atom. The van der Waals surface area contributed by atoms with Crippen LogP contribution in [0.1, 0.15) is 13.9 Å². The molecular weight excluding hydrogens is 292 g/mol. The molecule has 1 aliphatic rings. The van der Waals surface area contributed by atoms with Crippen LogP contribution in [0.2, 0.25) is 0 Å². The van der Waals surface area contributed by atoms with Gasteiger partial charge in [-0.05, 0) is 40.5 Å². The molecule has 2 bridgehead atoms. The second-order valence-corrected chi connectivity index (χ2v) is 6.45. The van der Waals surface area contributed by atoms with Crippen LogP contribution in [-0.4, -0.2) is 4.57 Å². The second kappa shape index (κ2) is 4.81. The summed E-state index contributed by atoms with van der Waals surface area (Å²) in [7, 11) is 1.98. The number of rotatable bonds is 0. The van der Waals surface area contributed by atoms with Gasteiger partial charge >= 0.3 is 0 Å². The van der Waals surface area contributed by atoms with E-state index < -0.39 is 6.50 Å². The summed E-state index contributed by atoms with van der Waals surface area (Å²) < 4.78 is 21.8. The smallest absolute Gasteiger partial charge is 0.233 e. The summed E-state index contributed by atoms with van der Waals surface area (Å²) in [6.07, 6.45) is 3.78. The molecule has 0 N–H and O–H groups in total. The van der Waals surface area contributed by atoms with Gasteiger partial charge in [-0.2, -0.15) is 0 Å². The highest BCUT2D eigenvalue weighted by Gasteiger charge is 2.24. The van der Waals surface area contributed by atoms with Gasteiger partial charge in [-0.25, -0.2) is 9.13 Å². The van der Waals surface area contributed by atoms with Crippen molar-refractivity contribution in [2.45, 2.75) is 13.4 Å². The highest BCUT2D eigenvalue weighted by molar-refractivity contribution is 5.99. The third-order valence-corrected chi connectivity index (χ3v) is 4.93. The lowest BCUT2D eigenvalue weighted by Crippen LogP contribution is -2.35. The Hall–Kier alpha value is -2.87. The quantitative estimate of drug-likeness (QED) is 0.424. The van der Waals surface area contributed by atoms with Gasteiger partial charge in [0, 0.05) is 5.56 Å². The van der Waals surface area contributed by atoms with Gasteiger partial charge in [0.15, 0.2) is 0 Å². The van der Waals surface area contributed by atoms with Crippen LogP contribution >= 0.6 is 0 Å². The molecular formula is C22H19N2+. The first-order chi connectivity index (χ1) is 12.5. The molecule has 0 radical (unpaired) electrons. The van der Waals surface area contributed by atoms with Crippen molar-refractivity contribution < 1.29 is 7.31 Å². The first-order valence-corrected chi connectivity index (χ1v) is 8.19. The summed E-state index contributed by atoms with van der Waals surface area (Å²) >= 11 is 0. The Balaban J connectivity index is 2.07. The van der Waals surface area contributed by atoms with Crippen LogP contribution in [0.15, 0.2) is 67.0 Å². The van der Waals surface area contributed by atoms with Gasteiger partial charge < -0.3 is 0 Å². The summed E-state index contributed by atoms with van der Waals surface area (Å²) in [5, 5.41) is 2.33. The van der Waals surface area contributed by atoms with Crippen molar-refractivity contribution in [1.82, 2.24) is 4.57 Å². The Kier molecular flexibility index (Phi) is 2.33. The number of aryl methyl sites for hydroxylation is 2. The molecule has 0 spiro atoms. The molecule has 0 amide bonds. The standard InChI is InChI=1S/C22H19N2/c1-15-7-8-16-9-10-17-13-20(16)21(15)22-23(2)11-12-24(22)14-18-5-3-4-6-19(17)18/h3-13H,14H2,1-2H3/q+1/i14D2. The average molecular weight is 313 g/mol. The minimum Gasteiger partial charge on any atom is -0.233 e. The Bertz CT molecular complexity index is 1190. The third kappa shape index (κ3) is 1.80. The second-order valence-electron chi connectivity index (χ2n) is 6.45. The van der Waals surface area contributed by atoms with Gasteiger partial charge in [0.1, 0.15) is 18.9 Å². The van der Waals surface area contributed by atoms with E-state index in [1.165, 1.54) is 5.39 Å². The lowest BCUT2D eigenvalue weighted by Gasteiger charge is -2.09. The largest absolute Gasteiger partial charge is 0.289 e. The van der Waals surface area contributed by atoms with Crippen molar-refractivity contribution in [2.75, 3.05) is 0 Å². The van der Waals surface area contributed by atoms with E-state index >= 15 is 0 Å². The topological polar surface area (TPSA) is 8.81 Å². The molecule has 2 heterocycles. The molecule has 2 heteroatoms. The van der Waals surface area contributed by atoms with Crippen LogP contribution in [0.3, 0.4) is 0 Å². The van der Waals surface area contributed by atoms with Crippen molar-refractivity contribution in [2.24, 2.45) is 7.05 Å². The first kappa shape index (κ1) is 11.6. The first-order valence-electron chi connectivity index (χ1n) is 9.19. The molecule has 5 rings (SSSR count). The summed E-state index contributed by atoms with van der Waals surface area (Å²) in [5.74, 6) is 0.881. The molecule has 0 saturated carbocycles. The average Bonchev–Trinajstić information content (AvgIpc) is 3.03. The molecule has 116 valence electrons. The Morgan fingerprint density at radius 3 is 2.83 bits per heavy atom. The normalized spacial score (nSPS) is 15.8. The van der Waals surface area contributed by atoms with E-state index in [2.05, 4.69) is 37.3 Å². The molecule has 24 heavy (non-hydrogen) atoms. The number of hydrogen-bond acceptors (Lipinski definition) is 0. The molecule has 0 aliphatic carbocycles. The number of aromatic nitrogens is 2. The summed E-state index contributed by atoms with van der Waals surface area (Å²) in [6.45, 7) is 0.438. The zero-order valence-electron chi connectivity index (χ0n) is 15.7. The Labute approximate surface area is 144 Å². The van der Waals surface area contributed by atoms with Crippen molar-refractivity contribution in [3.63, 3.8) is 0 Å². The maximum atomic E-state index is 9.00.